The zero-order valence-electron chi connectivity index (χ0n) is 17.8. The first-order valence-corrected chi connectivity index (χ1v) is 10.8. The molecule has 1 saturated carbocycles. The van der Waals surface area contributed by atoms with Gasteiger partial charge in [-0.15, -0.1) is 0 Å². The molecule has 2 aromatic rings. The first-order chi connectivity index (χ1) is 14.0. The van der Waals surface area contributed by atoms with Crippen LogP contribution in [0.25, 0.3) is 0 Å². The number of benzene rings is 2. The van der Waals surface area contributed by atoms with Gasteiger partial charge in [-0.3, -0.25) is 9.69 Å². The summed E-state index contributed by atoms with van der Waals surface area (Å²) in [5.74, 6) is 1.87. The lowest BCUT2D eigenvalue weighted by Crippen LogP contribution is -2.30. The summed E-state index contributed by atoms with van der Waals surface area (Å²) in [5, 5.41) is 2.94. The minimum absolute atomic E-state index is 0.00458. The van der Waals surface area contributed by atoms with Crippen LogP contribution in [-0.2, 0) is 24.3 Å². The van der Waals surface area contributed by atoms with Crippen LogP contribution < -0.4 is 10.1 Å². The molecule has 1 heterocycles. The first kappa shape index (κ1) is 20.0. The van der Waals surface area contributed by atoms with Crippen molar-refractivity contribution in [1.82, 2.24) is 10.2 Å². The second-order valence-corrected chi connectivity index (χ2v) is 8.71. The first-order valence-electron chi connectivity index (χ1n) is 10.8. The fraction of sp³-hybridized carbons (Fsp3) is 0.480. The number of fused-ring (bicyclic) bond motifs is 1. The molecule has 0 radical (unpaired) electrons. The van der Waals surface area contributed by atoms with E-state index < -0.39 is 0 Å². The molecule has 0 spiro atoms. The Morgan fingerprint density at radius 1 is 1.21 bits per heavy atom. The van der Waals surface area contributed by atoms with Gasteiger partial charge in [-0.2, -0.15) is 0 Å². The molecule has 1 unspecified atom stereocenters. The summed E-state index contributed by atoms with van der Waals surface area (Å²) in [4.78, 5) is 13.8. The summed E-state index contributed by atoms with van der Waals surface area (Å²) in [6.45, 7) is 9.68. The van der Waals surface area contributed by atoms with Gasteiger partial charge >= 0.3 is 0 Å². The molecule has 1 aliphatic heterocycles. The van der Waals surface area contributed by atoms with Crippen LogP contribution >= 0.6 is 0 Å². The van der Waals surface area contributed by atoms with Gasteiger partial charge in [0.25, 0.3) is 0 Å². The second-order valence-electron chi connectivity index (χ2n) is 8.71. The molecular formula is C25H32N2O2. The van der Waals surface area contributed by atoms with E-state index in [0.29, 0.717) is 0 Å². The maximum Gasteiger partial charge on any atom is 0.217 e. The Bertz CT molecular complexity index is 871. The topological polar surface area (TPSA) is 41.6 Å². The van der Waals surface area contributed by atoms with Gasteiger partial charge < -0.3 is 10.1 Å². The molecule has 4 rings (SSSR count). The molecule has 0 saturated heterocycles. The molecule has 29 heavy (non-hydrogen) atoms. The Hall–Kier alpha value is -2.33. The molecule has 1 fully saturated rings. The smallest absolute Gasteiger partial charge is 0.217 e. The Kier molecular flexibility index (Phi) is 5.91. The number of rotatable bonds is 7. The molecule has 4 nitrogen and oxygen atoms in total. The zero-order valence-corrected chi connectivity index (χ0v) is 17.8. The zero-order chi connectivity index (χ0) is 20.4. The number of carbonyl (C=O) groups excluding carboxylic acids is 1. The normalized spacial score (nSPS) is 17.5. The number of amides is 1. The molecule has 0 bridgehead atoms. The fourth-order valence-corrected chi connectivity index (χ4v) is 4.22. The summed E-state index contributed by atoms with van der Waals surface area (Å²) < 4.78 is 6.06. The van der Waals surface area contributed by atoms with Gasteiger partial charge in [0.15, 0.2) is 0 Å². The highest BCUT2D eigenvalue weighted by Crippen LogP contribution is 2.33. The van der Waals surface area contributed by atoms with Crippen molar-refractivity contribution >= 4 is 5.91 Å². The maximum absolute atomic E-state index is 11.2. The van der Waals surface area contributed by atoms with Gasteiger partial charge in [-0.1, -0.05) is 30.3 Å². The second kappa shape index (κ2) is 8.58. The van der Waals surface area contributed by atoms with Crippen LogP contribution in [0, 0.1) is 12.8 Å². The summed E-state index contributed by atoms with van der Waals surface area (Å²) >= 11 is 0. The van der Waals surface area contributed by atoms with E-state index in [4.69, 9.17) is 4.74 Å². The highest BCUT2D eigenvalue weighted by atomic mass is 16.5. The molecule has 154 valence electrons. The van der Waals surface area contributed by atoms with Crippen molar-refractivity contribution in [2.45, 2.75) is 59.2 Å². The van der Waals surface area contributed by atoms with E-state index in [9.17, 15) is 4.79 Å². The lowest BCUT2D eigenvalue weighted by molar-refractivity contribution is -0.119. The lowest BCUT2D eigenvalue weighted by atomic mass is 9.94. The quantitative estimate of drug-likeness (QED) is 0.752. The van der Waals surface area contributed by atoms with E-state index in [0.717, 1.165) is 49.9 Å². The van der Waals surface area contributed by atoms with Crippen molar-refractivity contribution in [3.63, 3.8) is 0 Å². The van der Waals surface area contributed by atoms with Crippen molar-refractivity contribution in [3.05, 3.63) is 64.2 Å². The molecule has 1 amide bonds. The molecule has 1 atom stereocenters. The van der Waals surface area contributed by atoms with Crippen LogP contribution in [0.1, 0.15) is 60.5 Å². The predicted molar refractivity (Wildman–Crippen MR) is 116 cm³/mol. The average Bonchev–Trinajstić information content (AvgIpc) is 3.52. The molecular weight excluding hydrogens is 360 g/mol. The van der Waals surface area contributed by atoms with Gasteiger partial charge in [0, 0.05) is 26.6 Å². The van der Waals surface area contributed by atoms with Gasteiger partial charge in [0.2, 0.25) is 5.91 Å². The molecule has 2 aromatic carbocycles. The van der Waals surface area contributed by atoms with Gasteiger partial charge in [0.1, 0.15) is 5.75 Å². The summed E-state index contributed by atoms with van der Waals surface area (Å²) in [5.41, 5.74) is 6.70. The minimum atomic E-state index is 0.00458. The lowest BCUT2D eigenvalue weighted by Gasteiger charge is -2.30. The highest BCUT2D eigenvalue weighted by Gasteiger charge is 2.24. The molecule has 0 aromatic heterocycles. The van der Waals surface area contributed by atoms with Gasteiger partial charge in [-0.05, 0) is 72.9 Å². The number of hydrogen-bond acceptors (Lipinski definition) is 3. The highest BCUT2D eigenvalue weighted by molar-refractivity contribution is 5.73. The van der Waals surface area contributed by atoms with Crippen molar-refractivity contribution < 1.29 is 9.53 Å². The van der Waals surface area contributed by atoms with Gasteiger partial charge in [0.05, 0.1) is 12.6 Å². The summed E-state index contributed by atoms with van der Waals surface area (Å²) in [6, 6.07) is 13.1. The molecule has 2 aliphatic rings. The van der Waals surface area contributed by atoms with Crippen molar-refractivity contribution in [2.24, 2.45) is 5.92 Å². The van der Waals surface area contributed by atoms with E-state index in [1.165, 1.54) is 35.1 Å². The number of nitrogens with one attached hydrogen (secondary N) is 1. The van der Waals surface area contributed by atoms with E-state index in [2.05, 4.69) is 53.5 Å². The monoisotopic (exact) mass is 392 g/mol. The number of ether oxygens (including phenoxy) is 1. The summed E-state index contributed by atoms with van der Waals surface area (Å²) in [6.07, 6.45) is 3.73. The molecule has 4 heteroatoms. The number of nitrogens with zero attached hydrogens (tertiary/aromatic N) is 1. The molecule has 1 aliphatic carbocycles. The Balaban J connectivity index is 1.37. The van der Waals surface area contributed by atoms with Crippen LogP contribution in [-0.4, -0.2) is 24.0 Å². The third-order valence-corrected chi connectivity index (χ3v) is 6.19. The largest absolute Gasteiger partial charge is 0.493 e. The summed E-state index contributed by atoms with van der Waals surface area (Å²) in [7, 11) is 0. The van der Waals surface area contributed by atoms with Crippen LogP contribution in [0.4, 0.5) is 0 Å². The fourth-order valence-electron chi connectivity index (χ4n) is 4.22. The Labute approximate surface area is 174 Å². The van der Waals surface area contributed by atoms with Crippen molar-refractivity contribution in [3.8, 4) is 5.75 Å². The van der Waals surface area contributed by atoms with Crippen LogP contribution in [0.2, 0.25) is 0 Å². The number of hydrogen-bond donors (Lipinski definition) is 1. The maximum atomic E-state index is 11.2. The Morgan fingerprint density at radius 2 is 1.97 bits per heavy atom. The third-order valence-electron chi connectivity index (χ3n) is 6.19. The Morgan fingerprint density at radius 3 is 2.66 bits per heavy atom. The third kappa shape index (κ3) is 4.99. The van der Waals surface area contributed by atoms with Crippen molar-refractivity contribution in [2.75, 3.05) is 13.2 Å². The minimum Gasteiger partial charge on any atom is -0.493 e. The standard InChI is InChI=1S/C25H32N2O2/c1-17-24-12-13-27(15-23(24)10-11-25(17)29-16-21-4-5-21)14-20-6-8-22(9-7-20)18(2)26-19(3)28/h6-11,18,21H,4-5,12-16H2,1-3H3,(H,26,28). The van der Waals surface area contributed by atoms with E-state index >= 15 is 0 Å². The predicted octanol–water partition coefficient (Wildman–Crippen LogP) is 4.54. The van der Waals surface area contributed by atoms with Crippen LogP contribution in [0.15, 0.2) is 36.4 Å². The SMILES string of the molecule is CC(=O)NC(C)c1ccc(CN2CCc3c(ccc(OCC4CC4)c3C)C2)cc1. The van der Waals surface area contributed by atoms with Gasteiger partial charge in [-0.25, -0.2) is 0 Å². The van der Waals surface area contributed by atoms with E-state index in [1.807, 2.05) is 6.92 Å². The number of carbonyl (C=O) groups is 1. The van der Waals surface area contributed by atoms with E-state index in [1.54, 1.807) is 6.92 Å². The van der Waals surface area contributed by atoms with Crippen LogP contribution in [0.3, 0.4) is 0 Å². The van der Waals surface area contributed by atoms with Crippen molar-refractivity contribution in [1.29, 1.82) is 0 Å². The van der Waals surface area contributed by atoms with E-state index in [-0.39, 0.29) is 11.9 Å². The average molecular weight is 393 g/mol. The molecule has 1 N–H and O–H groups in total. The van der Waals surface area contributed by atoms with Crippen LogP contribution in [0.5, 0.6) is 5.75 Å².